The highest BCUT2D eigenvalue weighted by atomic mass is 16.8. The number of aromatic nitrogens is 1. The van der Waals surface area contributed by atoms with Gasteiger partial charge in [-0.25, -0.2) is 0 Å². The summed E-state index contributed by atoms with van der Waals surface area (Å²) in [6, 6.07) is 2.03. The fourth-order valence-corrected chi connectivity index (χ4v) is 3.50. The van der Waals surface area contributed by atoms with Crippen LogP contribution in [0.1, 0.15) is 38.1 Å². The normalized spacial score (nSPS) is 36.2. The molecule has 2 fully saturated rings. The van der Waals surface area contributed by atoms with Gasteiger partial charge in [0.15, 0.2) is 5.79 Å². The van der Waals surface area contributed by atoms with Crippen LogP contribution in [0.2, 0.25) is 0 Å². The van der Waals surface area contributed by atoms with Crippen LogP contribution in [0, 0.1) is 11.3 Å². The summed E-state index contributed by atoms with van der Waals surface area (Å²) in [5.41, 5.74) is 6.79. The molecule has 1 aromatic rings. The molecule has 7 nitrogen and oxygen atoms in total. The largest absolute Gasteiger partial charge is 0.396 e. The predicted molar refractivity (Wildman–Crippen MR) is 77.9 cm³/mol. The van der Waals surface area contributed by atoms with E-state index in [4.69, 9.17) is 29.9 Å². The molecule has 0 aromatic carbocycles. The van der Waals surface area contributed by atoms with Gasteiger partial charge < -0.3 is 29.7 Å². The van der Waals surface area contributed by atoms with Gasteiger partial charge in [-0.15, -0.1) is 0 Å². The first-order chi connectivity index (χ1) is 10.3. The van der Waals surface area contributed by atoms with Crippen molar-refractivity contribution in [3.05, 3.63) is 17.5 Å². The maximum atomic E-state index is 9.07. The zero-order valence-corrected chi connectivity index (χ0v) is 13.2. The summed E-state index contributed by atoms with van der Waals surface area (Å²) in [6.45, 7) is 6.09. The standard InChI is InChI=1S/C15H21N3O4/c1-14(2)21-13-10(7-19-4)20-12(15(13,3)22-14)8-6-18-9(5-16)11(8)17/h6,10,12-13,18H,7,17H2,1-4H3/t10-,12+,13-,15+/m1/s1. The lowest BCUT2D eigenvalue weighted by atomic mass is 9.89. The smallest absolute Gasteiger partial charge is 0.164 e. The number of rotatable bonds is 3. The lowest BCUT2D eigenvalue weighted by Gasteiger charge is -2.29. The Balaban J connectivity index is 2.01. The summed E-state index contributed by atoms with van der Waals surface area (Å²) in [4.78, 5) is 2.87. The maximum absolute atomic E-state index is 9.07. The van der Waals surface area contributed by atoms with Gasteiger partial charge in [-0.2, -0.15) is 5.26 Å². The average Bonchev–Trinajstić information content (AvgIpc) is 2.99. The third kappa shape index (κ3) is 2.11. The second-order valence-corrected chi connectivity index (χ2v) is 6.38. The van der Waals surface area contributed by atoms with Crippen molar-refractivity contribution in [3.8, 4) is 6.07 Å². The number of methoxy groups -OCH3 is 1. The fourth-order valence-electron chi connectivity index (χ4n) is 3.50. The lowest BCUT2D eigenvalue weighted by Crippen LogP contribution is -2.40. The van der Waals surface area contributed by atoms with Crippen LogP contribution in [0.15, 0.2) is 6.20 Å². The van der Waals surface area contributed by atoms with Crippen LogP contribution < -0.4 is 5.73 Å². The minimum Gasteiger partial charge on any atom is -0.396 e. The Morgan fingerprint density at radius 2 is 2.18 bits per heavy atom. The SMILES string of the molecule is COC[C@H]1O[C@@H](c2c[nH]c(C#N)c2N)[C@]2(C)OC(C)(C)O[C@H]12. The van der Waals surface area contributed by atoms with E-state index in [1.807, 2.05) is 26.8 Å². The maximum Gasteiger partial charge on any atom is 0.164 e. The molecule has 3 N–H and O–H groups in total. The third-order valence-electron chi connectivity index (χ3n) is 4.29. The average molecular weight is 307 g/mol. The van der Waals surface area contributed by atoms with E-state index < -0.39 is 17.5 Å². The molecule has 0 amide bonds. The molecule has 0 spiro atoms. The molecule has 0 aliphatic carbocycles. The van der Waals surface area contributed by atoms with E-state index in [0.29, 0.717) is 23.6 Å². The van der Waals surface area contributed by atoms with Crippen molar-refractivity contribution >= 4 is 5.69 Å². The molecular formula is C15H21N3O4. The monoisotopic (exact) mass is 307 g/mol. The number of nitriles is 1. The van der Waals surface area contributed by atoms with Crippen molar-refractivity contribution in [1.82, 2.24) is 4.98 Å². The lowest BCUT2D eigenvalue weighted by molar-refractivity contribution is -0.207. The van der Waals surface area contributed by atoms with Gasteiger partial charge in [-0.05, 0) is 20.8 Å². The van der Waals surface area contributed by atoms with Crippen molar-refractivity contribution in [3.63, 3.8) is 0 Å². The van der Waals surface area contributed by atoms with Crippen LogP contribution in [0.25, 0.3) is 0 Å². The number of nitrogens with two attached hydrogens (primary N) is 1. The molecule has 0 radical (unpaired) electrons. The summed E-state index contributed by atoms with van der Waals surface area (Å²) in [6.07, 6.45) is 0.733. The quantitative estimate of drug-likeness (QED) is 0.876. The van der Waals surface area contributed by atoms with Gasteiger partial charge in [0, 0.05) is 18.9 Å². The third-order valence-corrected chi connectivity index (χ3v) is 4.29. The van der Waals surface area contributed by atoms with Crippen LogP contribution in [-0.4, -0.2) is 42.3 Å². The van der Waals surface area contributed by atoms with Gasteiger partial charge >= 0.3 is 0 Å². The van der Waals surface area contributed by atoms with Crippen LogP contribution in [0.3, 0.4) is 0 Å². The first-order valence-corrected chi connectivity index (χ1v) is 7.21. The Labute approximate surface area is 129 Å². The molecular weight excluding hydrogens is 286 g/mol. The zero-order chi connectivity index (χ0) is 16.1. The highest BCUT2D eigenvalue weighted by Crippen LogP contribution is 2.53. The van der Waals surface area contributed by atoms with E-state index in [1.165, 1.54) is 0 Å². The Morgan fingerprint density at radius 3 is 2.77 bits per heavy atom. The minimum absolute atomic E-state index is 0.262. The molecule has 120 valence electrons. The number of hydrogen-bond acceptors (Lipinski definition) is 6. The number of nitrogen functional groups attached to an aromatic ring is 1. The number of fused-ring (bicyclic) bond motifs is 1. The summed E-state index contributed by atoms with van der Waals surface area (Å²) in [5, 5.41) is 9.07. The first-order valence-electron chi connectivity index (χ1n) is 7.21. The first kappa shape index (κ1) is 15.3. The summed E-state index contributed by atoms with van der Waals surface area (Å²) < 4.78 is 23.5. The van der Waals surface area contributed by atoms with Crippen LogP contribution >= 0.6 is 0 Å². The number of hydrogen-bond donors (Lipinski definition) is 2. The molecule has 22 heavy (non-hydrogen) atoms. The molecule has 0 bridgehead atoms. The Hall–Kier alpha value is -1.59. The molecule has 0 saturated carbocycles. The van der Waals surface area contributed by atoms with Gasteiger partial charge in [0.1, 0.15) is 35.7 Å². The molecule has 3 rings (SSSR count). The van der Waals surface area contributed by atoms with E-state index in [2.05, 4.69) is 4.98 Å². The summed E-state index contributed by atoms with van der Waals surface area (Å²) >= 11 is 0. The second kappa shape index (κ2) is 4.96. The molecule has 7 heteroatoms. The molecule has 4 atom stereocenters. The number of H-pyrrole nitrogens is 1. The fraction of sp³-hybridized carbons (Fsp3) is 0.667. The van der Waals surface area contributed by atoms with Crippen LogP contribution in [0.5, 0.6) is 0 Å². The van der Waals surface area contributed by atoms with E-state index in [1.54, 1.807) is 13.3 Å². The van der Waals surface area contributed by atoms with Gasteiger partial charge in [0.05, 0.1) is 12.3 Å². The van der Waals surface area contributed by atoms with E-state index in [9.17, 15) is 0 Å². The summed E-state index contributed by atoms with van der Waals surface area (Å²) in [5.74, 6) is -0.712. The van der Waals surface area contributed by atoms with E-state index in [0.717, 1.165) is 0 Å². The summed E-state index contributed by atoms with van der Waals surface area (Å²) in [7, 11) is 1.62. The number of nitrogens with zero attached hydrogens (tertiary/aromatic N) is 1. The van der Waals surface area contributed by atoms with Crippen molar-refractivity contribution in [2.75, 3.05) is 19.5 Å². The predicted octanol–water partition coefficient (Wildman–Crippen LogP) is 1.47. The Kier molecular flexibility index (Phi) is 3.45. The van der Waals surface area contributed by atoms with Crippen LogP contribution in [-0.2, 0) is 18.9 Å². The minimum atomic E-state index is -0.712. The number of nitrogens with one attached hydrogen (secondary N) is 1. The molecule has 1 aromatic heterocycles. The second-order valence-electron chi connectivity index (χ2n) is 6.38. The molecule has 2 saturated heterocycles. The van der Waals surface area contributed by atoms with Crippen molar-refractivity contribution in [2.24, 2.45) is 0 Å². The molecule has 0 unspecified atom stereocenters. The van der Waals surface area contributed by atoms with Gasteiger partial charge in [-0.3, -0.25) is 0 Å². The van der Waals surface area contributed by atoms with Crippen molar-refractivity contribution in [1.29, 1.82) is 5.26 Å². The highest BCUT2D eigenvalue weighted by Gasteiger charge is 2.64. The Bertz CT molecular complexity index is 621. The van der Waals surface area contributed by atoms with Crippen molar-refractivity contribution in [2.45, 2.75) is 50.5 Å². The van der Waals surface area contributed by atoms with E-state index >= 15 is 0 Å². The van der Waals surface area contributed by atoms with Gasteiger partial charge in [-0.1, -0.05) is 0 Å². The molecule has 2 aliphatic rings. The number of anilines is 1. The van der Waals surface area contributed by atoms with Crippen molar-refractivity contribution < 1.29 is 18.9 Å². The number of ether oxygens (including phenoxy) is 4. The Morgan fingerprint density at radius 1 is 1.45 bits per heavy atom. The number of aromatic amines is 1. The topological polar surface area (TPSA) is 103 Å². The molecule has 3 heterocycles. The highest BCUT2D eigenvalue weighted by molar-refractivity contribution is 5.58. The van der Waals surface area contributed by atoms with Gasteiger partial charge in [0.2, 0.25) is 0 Å². The van der Waals surface area contributed by atoms with Gasteiger partial charge in [0.25, 0.3) is 0 Å². The zero-order valence-electron chi connectivity index (χ0n) is 13.2. The molecule has 2 aliphatic heterocycles. The van der Waals surface area contributed by atoms with Crippen LogP contribution in [0.4, 0.5) is 5.69 Å². The van der Waals surface area contributed by atoms with E-state index in [-0.39, 0.29) is 12.2 Å².